The Morgan fingerprint density at radius 3 is 2.30 bits per heavy atom. The van der Waals surface area contributed by atoms with Crippen molar-refractivity contribution in [3.05, 3.63) is 60.2 Å². The van der Waals surface area contributed by atoms with Gasteiger partial charge in [-0.25, -0.2) is 8.42 Å². The number of nitrogens with one attached hydrogen (secondary N) is 3. The predicted octanol–water partition coefficient (Wildman–Crippen LogP) is 3.60. The highest BCUT2D eigenvalue weighted by atomic mass is 32.2. The largest absolute Gasteiger partial charge is 0.491 e. The van der Waals surface area contributed by atoms with Gasteiger partial charge in [-0.15, -0.1) is 0 Å². The second kappa shape index (κ2) is 12.3. The lowest BCUT2D eigenvalue weighted by Crippen LogP contribution is -2.34. The first kappa shape index (κ1) is 27.6. The summed E-state index contributed by atoms with van der Waals surface area (Å²) in [6.07, 6.45) is 0.950. The topological polar surface area (TPSA) is 141 Å². The number of rotatable bonds is 10. The number of anilines is 2. The number of sulfonamides is 1. The zero-order valence-corrected chi connectivity index (χ0v) is 22.3. The van der Waals surface area contributed by atoms with Crippen molar-refractivity contribution in [3.8, 4) is 17.6 Å². The van der Waals surface area contributed by atoms with Crippen LogP contribution in [0.4, 0.5) is 11.5 Å². The number of methoxy groups -OCH3 is 2. The number of ether oxygens (including phenoxy) is 3. The van der Waals surface area contributed by atoms with Crippen LogP contribution >= 0.6 is 12.2 Å². The molecule has 196 valence electrons. The molecular formula is C24H27N5O6S2. The number of carbonyl (C=O) groups is 1. The highest BCUT2D eigenvalue weighted by Gasteiger charge is 2.17. The molecule has 13 heteroatoms. The molecule has 1 unspecified atom stereocenters. The summed E-state index contributed by atoms with van der Waals surface area (Å²) in [7, 11) is -1.23. The molecule has 2 aromatic carbocycles. The molecule has 0 radical (unpaired) electrons. The molecular weight excluding hydrogens is 518 g/mol. The summed E-state index contributed by atoms with van der Waals surface area (Å²) in [5.41, 5.74) is 0.887. The van der Waals surface area contributed by atoms with Crippen LogP contribution in [-0.2, 0) is 10.0 Å². The lowest BCUT2D eigenvalue weighted by molar-refractivity contribution is 0.0977. The normalized spacial score (nSPS) is 11.7. The Morgan fingerprint density at radius 2 is 1.70 bits per heavy atom. The first-order valence-corrected chi connectivity index (χ1v) is 13.0. The Balaban J connectivity index is 1.60. The van der Waals surface area contributed by atoms with Gasteiger partial charge in [0.05, 0.1) is 25.2 Å². The Kier molecular flexibility index (Phi) is 9.20. The molecule has 0 aliphatic carbocycles. The van der Waals surface area contributed by atoms with Crippen molar-refractivity contribution >= 4 is 44.8 Å². The van der Waals surface area contributed by atoms with E-state index in [2.05, 4.69) is 25.3 Å². The van der Waals surface area contributed by atoms with E-state index in [4.69, 9.17) is 26.4 Å². The Bertz CT molecular complexity index is 1330. The molecule has 1 atom stereocenters. The van der Waals surface area contributed by atoms with Crippen LogP contribution in [0.2, 0.25) is 0 Å². The lowest BCUT2D eigenvalue weighted by Gasteiger charge is -2.13. The molecule has 37 heavy (non-hydrogen) atoms. The zero-order valence-electron chi connectivity index (χ0n) is 20.6. The van der Waals surface area contributed by atoms with Crippen LogP contribution < -0.4 is 29.6 Å². The zero-order chi connectivity index (χ0) is 27.0. The maximum Gasteiger partial charge on any atom is 0.321 e. The van der Waals surface area contributed by atoms with Crippen molar-refractivity contribution in [2.75, 3.05) is 24.3 Å². The van der Waals surface area contributed by atoms with Crippen LogP contribution in [0, 0.1) is 0 Å². The van der Waals surface area contributed by atoms with Gasteiger partial charge >= 0.3 is 6.01 Å². The molecule has 0 fully saturated rings. The number of thiocarbonyl (C=S) groups is 1. The van der Waals surface area contributed by atoms with Crippen LogP contribution in [0.1, 0.15) is 30.6 Å². The average Bonchev–Trinajstić information content (AvgIpc) is 2.88. The van der Waals surface area contributed by atoms with Gasteiger partial charge in [-0.3, -0.25) is 14.8 Å². The smallest absolute Gasteiger partial charge is 0.321 e. The van der Waals surface area contributed by atoms with E-state index in [-0.39, 0.29) is 33.8 Å². The minimum atomic E-state index is -3.97. The molecule has 0 aliphatic heterocycles. The van der Waals surface area contributed by atoms with Crippen molar-refractivity contribution in [2.24, 2.45) is 0 Å². The van der Waals surface area contributed by atoms with Gasteiger partial charge in [0.25, 0.3) is 15.9 Å². The number of carbonyl (C=O) groups excluding carboxylic acids is 1. The van der Waals surface area contributed by atoms with Crippen LogP contribution in [0.5, 0.6) is 17.6 Å². The van der Waals surface area contributed by atoms with Crippen LogP contribution in [-0.4, -0.2) is 49.7 Å². The molecule has 1 aromatic heterocycles. The summed E-state index contributed by atoms with van der Waals surface area (Å²) < 4.78 is 43.6. The second-order valence-electron chi connectivity index (χ2n) is 7.68. The molecule has 1 heterocycles. The lowest BCUT2D eigenvalue weighted by atomic mass is 10.2. The fraction of sp³-hybridized carbons (Fsp3) is 0.250. The average molecular weight is 546 g/mol. The Labute approximate surface area is 220 Å². The maximum absolute atomic E-state index is 12.8. The second-order valence-corrected chi connectivity index (χ2v) is 9.77. The molecule has 3 rings (SSSR count). The van der Waals surface area contributed by atoms with Gasteiger partial charge in [0.1, 0.15) is 5.75 Å². The number of benzene rings is 2. The third kappa shape index (κ3) is 7.75. The van der Waals surface area contributed by atoms with Gasteiger partial charge in [0, 0.05) is 17.3 Å². The SMILES string of the molecule is CCC(C)Oc1ccc(C(=O)NC(=S)Nc2ccc(S(=O)(=O)Nc3cc(OC)nc(OC)n3)cc2)cc1. The van der Waals surface area contributed by atoms with Gasteiger partial charge in [0.2, 0.25) is 5.88 Å². The van der Waals surface area contributed by atoms with Gasteiger partial charge in [0.15, 0.2) is 10.9 Å². The number of amides is 1. The Hall–Kier alpha value is -3.97. The van der Waals surface area contributed by atoms with Gasteiger partial charge < -0.3 is 19.5 Å². The van der Waals surface area contributed by atoms with E-state index < -0.39 is 15.9 Å². The number of hydrogen-bond donors (Lipinski definition) is 3. The van der Waals surface area contributed by atoms with Gasteiger partial charge in [-0.05, 0) is 74.1 Å². The summed E-state index contributed by atoms with van der Waals surface area (Å²) in [6.45, 7) is 4.00. The molecule has 3 aromatic rings. The maximum atomic E-state index is 12.8. The van der Waals surface area contributed by atoms with E-state index in [1.807, 2.05) is 13.8 Å². The summed E-state index contributed by atoms with van der Waals surface area (Å²) in [6, 6.07) is 13.8. The molecule has 1 amide bonds. The minimum Gasteiger partial charge on any atom is -0.491 e. The number of nitrogens with zero attached hydrogens (tertiary/aromatic N) is 2. The van der Waals surface area contributed by atoms with E-state index in [1.54, 1.807) is 24.3 Å². The number of aromatic nitrogens is 2. The summed E-state index contributed by atoms with van der Waals surface area (Å²) in [5.74, 6) is 0.394. The first-order chi connectivity index (χ1) is 17.6. The molecule has 0 spiro atoms. The van der Waals surface area contributed by atoms with E-state index in [1.165, 1.54) is 44.6 Å². The van der Waals surface area contributed by atoms with Crippen LogP contribution in [0.15, 0.2) is 59.5 Å². The van der Waals surface area contributed by atoms with E-state index in [0.717, 1.165) is 6.42 Å². The highest BCUT2D eigenvalue weighted by molar-refractivity contribution is 7.92. The summed E-state index contributed by atoms with van der Waals surface area (Å²) >= 11 is 5.21. The van der Waals surface area contributed by atoms with E-state index in [0.29, 0.717) is 17.0 Å². The Morgan fingerprint density at radius 1 is 1.03 bits per heavy atom. The monoisotopic (exact) mass is 545 g/mol. The van der Waals surface area contributed by atoms with Crippen LogP contribution in [0.3, 0.4) is 0 Å². The summed E-state index contributed by atoms with van der Waals surface area (Å²) in [5, 5.41) is 5.49. The molecule has 0 saturated heterocycles. The molecule has 0 aliphatic rings. The fourth-order valence-electron chi connectivity index (χ4n) is 2.90. The van der Waals surface area contributed by atoms with Crippen molar-refractivity contribution < 1.29 is 27.4 Å². The van der Waals surface area contributed by atoms with Crippen molar-refractivity contribution in [1.29, 1.82) is 0 Å². The van der Waals surface area contributed by atoms with Gasteiger partial charge in [-0.1, -0.05) is 6.92 Å². The minimum absolute atomic E-state index is 0.0192. The fourth-order valence-corrected chi connectivity index (χ4v) is 4.11. The summed E-state index contributed by atoms with van der Waals surface area (Å²) in [4.78, 5) is 20.4. The van der Waals surface area contributed by atoms with Crippen molar-refractivity contribution in [3.63, 3.8) is 0 Å². The quantitative estimate of drug-likeness (QED) is 0.324. The van der Waals surface area contributed by atoms with Crippen molar-refractivity contribution in [2.45, 2.75) is 31.3 Å². The third-order valence-electron chi connectivity index (χ3n) is 4.99. The standard InChI is InChI=1S/C24H27N5O6S2/c1-5-15(2)35-18-10-6-16(7-11-18)22(30)28-24(36)25-17-8-12-19(13-9-17)37(31,32)29-20-14-21(33-3)27-23(26-20)34-4/h6-15H,5H2,1-4H3,(H,26,27,29)(H2,25,28,30,36). The number of hydrogen-bond acceptors (Lipinski definition) is 9. The molecule has 0 saturated carbocycles. The van der Waals surface area contributed by atoms with Gasteiger partial charge in [-0.2, -0.15) is 9.97 Å². The van der Waals surface area contributed by atoms with E-state index >= 15 is 0 Å². The van der Waals surface area contributed by atoms with Crippen LogP contribution in [0.25, 0.3) is 0 Å². The molecule has 0 bridgehead atoms. The van der Waals surface area contributed by atoms with Crippen molar-refractivity contribution in [1.82, 2.24) is 15.3 Å². The molecule has 3 N–H and O–H groups in total. The predicted molar refractivity (Wildman–Crippen MR) is 143 cm³/mol. The molecule has 11 nitrogen and oxygen atoms in total. The highest BCUT2D eigenvalue weighted by Crippen LogP contribution is 2.21. The third-order valence-corrected chi connectivity index (χ3v) is 6.57. The first-order valence-electron chi connectivity index (χ1n) is 11.1. The van der Waals surface area contributed by atoms with E-state index in [9.17, 15) is 13.2 Å².